The first-order valence-electron chi connectivity index (χ1n) is 13.9. The van der Waals surface area contributed by atoms with Gasteiger partial charge < -0.3 is 29.6 Å². The number of amides is 2. The summed E-state index contributed by atoms with van der Waals surface area (Å²) in [4.78, 5) is 25.3. The van der Waals surface area contributed by atoms with Crippen LogP contribution in [0.3, 0.4) is 0 Å². The molecule has 8 nitrogen and oxygen atoms in total. The third-order valence-electron chi connectivity index (χ3n) is 6.20. The maximum absolute atomic E-state index is 12.7. The summed E-state index contributed by atoms with van der Waals surface area (Å²) in [5.74, 6) is 0.631. The molecular weight excluding hydrogens is 532 g/mol. The number of rotatable bonds is 17. The molecule has 2 amide bonds. The molecule has 0 atom stereocenters. The minimum Gasteiger partial charge on any atom is -0.490 e. The fourth-order valence-corrected chi connectivity index (χ4v) is 4.05. The first-order valence-corrected chi connectivity index (χ1v) is 13.9. The van der Waals surface area contributed by atoms with Gasteiger partial charge in [-0.2, -0.15) is 0 Å². The van der Waals surface area contributed by atoms with Crippen LogP contribution in [0.2, 0.25) is 0 Å². The van der Waals surface area contributed by atoms with Crippen LogP contribution in [0.1, 0.15) is 31.8 Å². The molecule has 4 rings (SSSR count). The zero-order chi connectivity index (χ0) is 29.2. The molecule has 42 heavy (non-hydrogen) atoms. The van der Waals surface area contributed by atoms with Crippen molar-refractivity contribution in [3.63, 3.8) is 0 Å². The van der Waals surface area contributed by atoms with E-state index in [-0.39, 0.29) is 11.8 Å². The second-order valence-corrected chi connectivity index (χ2v) is 9.25. The van der Waals surface area contributed by atoms with Gasteiger partial charge in [0.05, 0.1) is 37.6 Å². The maximum atomic E-state index is 12.7. The second kappa shape index (κ2) is 17.2. The van der Waals surface area contributed by atoms with Crippen LogP contribution < -0.4 is 20.1 Å². The number of ether oxygens (including phenoxy) is 4. The highest BCUT2D eigenvalue weighted by Gasteiger charge is 2.13. The van der Waals surface area contributed by atoms with E-state index in [9.17, 15) is 9.59 Å². The van der Waals surface area contributed by atoms with E-state index in [4.69, 9.17) is 18.9 Å². The van der Waals surface area contributed by atoms with Gasteiger partial charge in [0, 0.05) is 13.1 Å². The van der Waals surface area contributed by atoms with Gasteiger partial charge in [-0.3, -0.25) is 9.59 Å². The van der Waals surface area contributed by atoms with Gasteiger partial charge in [-0.15, -0.1) is 0 Å². The van der Waals surface area contributed by atoms with Crippen LogP contribution in [-0.2, 0) is 22.6 Å². The first-order chi connectivity index (χ1) is 20.7. The quantitative estimate of drug-likeness (QED) is 0.173. The summed E-state index contributed by atoms with van der Waals surface area (Å²) in [5, 5.41) is 5.85. The van der Waals surface area contributed by atoms with Crippen LogP contribution in [0.4, 0.5) is 0 Å². The Morgan fingerprint density at radius 2 is 0.810 bits per heavy atom. The average molecular weight is 569 g/mol. The molecule has 0 fully saturated rings. The Labute approximate surface area is 246 Å². The zero-order valence-corrected chi connectivity index (χ0v) is 23.5. The van der Waals surface area contributed by atoms with Gasteiger partial charge in [0.2, 0.25) is 0 Å². The van der Waals surface area contributed by atoms with Crippen molar-refractivity contribution in [3.05, 3.63) is 131 Å². The van der Waals surface area contributed by atoms with Crippen molar-refractivity contribution in [2.24, 2.45) is 0 Å². The van der Waals surface area contributed by atoms with Gasteiger partial charge in [0.15, 0.2) is 0 Å². The van der Waals surface area contributed by atoms with Crippen LogP contribution in [0.5, 0.6) is 11.5 Å². The van der Waals surface area contributed by atoms with Crippen LogP contribution in [0.25, 0.3) is 0 Å². The van der Waals surface area contributed by atoms with E-state index in [1.807, 2.05) is 72.8 Å². The largest absolute Gasteiger partial charge is 0.490 e. The molecule has 0 saturated carbocycles. The molecule has 4 aromatic rings. The lowest BCUT2D eigenvalue weighted by molar-refractivity contribution is 0.0271. The Hall–Kier alpha value is -4.66. The minimum atomic E-state index is -0.193. The lowest BCUT2D eigenvalue weighted by Gasteiger charge is -2.13. The van der Waals surface area contributed by atoms with Gasteiger partial charge in [-0.25, -0.2) is 0 Å². The molecule has 4 aromatic carbocycles. The van der Waals surface area contributed by atoms with Crippen molar-refractivity contribution in [2.45, 2.75) is 13.1 Å². The standard InChI is InChI=1S/C34H36N2O6/c37-33(35-25-27-11-3-1-4-12-27)29-15-7-9-17-31(29)41-23-21-39-19-20-40-22-24-42-32-18-10-8-16-30(32)34(38)36-26-28-13-5-2-6-14-28/h1-18H,19-26H2,(H,35,37)(H,36,38). The van der Waals surface area contributed by atoms with Crippen molar-refractivity contribution >= 4 is 11.8 Å². The summed E-state index contributed by atoms with van der Waals surface area (Å²) in [6.07, 6.45) is 0. The zero-order valence-electron chi connectivity index (χ0n) is 23.5. The third kappa shape index (κ3) is 10.1. The highest BCUT2D eigenvalue weighted by Crippen LogP contribution is 2.19. The smallest absolute Gasteiger partial charge is 0.255 e. The lowest BCUT2D eigenvalue weighted by Crippen LogP contribution is -2.24. The number of carbonyl (C=O) groups is 2. The SMILES string of the molecule is O=C(NCc1ccccc1)c1ccccc1OCCOCCOCCOc1ccccc1C(=O)NCc1ccccc1. The third-order valence-corrected chi connectivity index (χ3v) is 6.20. The molecule has 218 valence electrons. The lowest BCUT2D eigenvalue weighted by atomic mass is 10.1. The predicted molar refractivity (Wildman–Crippen MR) is 161 cm³/mol. The van der Waals surface area contributed by atoms with Crippen molar-refractivity contribution in [2.75, 3.05) is 39.6 Å². The van der Waals surface area contributed by atoms with Crippen molar-refractivity contribution in [3.8, 4) is 11.5 Å². The van der Waals surface area contributed by atoms with Gasteiger partial charge >= 0.3 is 0 Å². The molecule has 0 saturated heterocycles. The molecule has 0 aliphatic carbocycles. The molecule has 0 aromatic heterocycles. The number of hydrogen-bond donors (Lipinski definition) is 2. The molecule has 2 N–H and O–H groups in total. The van der Waals surface area contributed by atoms with Crippen LogP contribution >= 0.6 is 0 Å². The molecular formula is C34H36N2O6. The average Bonchev–Trinajstić information content (AvgIpc) is 3.04. The van der Waals surface area contributed by atoms with Crippen LogP contribution in [0, 0.1) is 0 Å². The van der Waals surface area contributed by atoms with E-state index >= 15 is 0 Å². The molecule has 0 spiro atoms. The highest BCUT2D eigenvalue weighted by atomic mass is 16.6. The number of hydrogen-bond acceptors (Lipinski definition) is 6. The Balaban J connectivity index is 1.08. The van der Waals surface area contributed by atoms with Crippen LogP contribution in [0.15, 0.2) is 109 Å². The first kappa shape index (κ1) is 30.3. The summed E-state index contributed by atoms with van der Waals surface area (Å²) >= 11 is 0. The molecule has 8 heteroatoms. The van der Waals surface area contributed by atoms with Crippen molar-refractivity contribution < 1.29 is 28.5 Å². The summed E-state index contributed by atoms with van der Waals surface area (Å²) in [6.45, 7) is 2.97. The number of carbonyl (C=O) groups excluding carboxylic acids is 2. The molecule has 0 heterocycles. The second-order valence-electron chi connectivity index (χ2n) is 9.25. The van der Waals surface area contributed by atoms with Gasteiger partial charge in [-0.05, 0) is 35.4 Å². The highest BCUT2D eigenvalue weighted by molar-refractivity contribution is 5.97. The number of para-hydroxylation sites is 2. The predicted octanol–water partition coefficient (Wildman–Crippen LogP) is 5.04. The van der Waals surface area contributed by atoms with Gasteiger partial charge in [0.25, 0.3) is 11.8 Å². The van der Waals surface area contributed by atoms with Crippen LogP contribution in [-0.4, -0.2) is 51.5 Å². The Bertz CT molecular complexity index is 1270. The summed E-state index contributed by atoms with van der Waals surface area (Å²) in [7, 11) is 0. The summed E-state index contributed by atoms with van der Waals surface area (Å²) < 4.78 is 22.8. The fraction of sp³-hybridized carbons (Fsp3) is 0.235. The molecule has 0 bridgehead atoms. The van der Waals surface area contributed by atoms with E-state index in [0.29, 0.717) is 75.4 Å². The van der Waals surface area contributed by atoms with Crippen molar-refractivity contribution in [1.29, 1.82) is 0 Å². The topological polar surface area (TPSA) is 95.1 Å². The van der Waals surface area contributed by atoms with E-state index in [0.717, 1.165) is 11.1 Å². The molecule has 0 unspecified atom stereocenters. The maximum Gasteiger partial charge on any atom is 0.255 e. The fourth-order valence-electron chi connectivity index (χ4n) is 4.05. The summed E-state index contributed by atoms with van der Waals surface area (Å²) in [6, 6.07) is 33.8. The Morgan fingerprint density at radius 1 is 0.452 bits per heavy atom. The number of nitrogens with one attached hydrogen (secondary N) is 2. The van der Waals surface area contributed by atoms with Gasteiger partial charge in [0.1, 0.15) is 24.7 Å². The Morgan fingerprint density at radius 3 is 1.24 bits per heavy atom. The minimum absolute atomic E-state index is 0.193. The molecule has 0 aliphatic heterocycles. The van der Waals surface area contributed by atoms with E-state index in [2.05, 4.69) is 10.6 Å². The van der Waals surface area contributed by atoms with E-state index < -0.39 is 0 Å². The van der Waals surface area contributed by atoms with E-state index in [1.54, 1.807) is 36.4 Å². The Kier molecular flexibility index (Phi) is 12.4. The van der Waals surface area contributed by atoms with Crippen molar-refractivity contribution in [1.82, 2.24) is 10.6 Å². The van der Waals surface area contributed by atoms with Gasteiger partial charge in [-0.1, -0.05) is 84.9 Å². The molecule has 0 aliphatic rings. The number of benzene rings is 4. The molecule has 0 radical (unpaired) electrons. The van der Waals surface area contributed by atoms with E-state index in [1.165, 1.54) is 0 Å². The normalized spacial score (nSPS) is 10.6. The summed E-state index contributed by atoms with van der Waals surface area (Å²) in [5.41, 5.74) is 3.01. The monoisotopic (exact) mass is 568 g/mol.